The zero-order valence-corrected chi connectivity index (χ0v) is 19.0. The van der Waals surface area contributed by atoms with E-state index in [1.165, 1.54) is 5.57 Å². The first-order valence-electron chi connectivity index (χ1n) is 11.9. The van der Waals surface area contributed by atoms with Crippen molar-refractivity contribution in [3.8, 4) is 0 Å². The summed E-state index contributed by atoms with van der Waals surface area (Å²) < 4.78 is 4.92. The molecule has 4 aliphatic rings. The van der Waals surface area contributed by atoms with Crippen molar-refractivity contribution in [2.45, 2.75) is 77.7 Å². The standard InChI is InChI=1S/C25H34O7/c1-24-9-7-15(26)11-14(24)3-4-16-17-5-6-18(25(17,2)13-20(28)23(16)24)19(27)12-22(31)32-10-8-21(29)30/h11,16-18,20,23,28H,3-10,12-13H2,1-2H3,(H,29,30)/t16-,17-,18+,20-,23+,24+,25-/m1/s1. The first-order valence-corrected chi connectivity index (χ1v) is 11.9. The summed E-state index contributed by atoms with van der Waals surface area (Å²) >= 11 is 0. The van der Waals surface area contributed by atoms with Crippen molar-refractivity contribution in [3.05, 3.63) is 11.6 Å². The third-order valence-corrected chi connectivity index (χ3v) is 9.18. The van der Waals surface area contributed by atoms with Crippen LogP contribution in [0.25, 0.3) is 0 Å². The molecule has 7 heteroatoms. The number of hydrogen-bond donors (Lipinski definition) is 2. The molecule has 7 nitrogen and oxygen atoms in total. The highest BCUT2D eigenvalue weighted by Crippen LogP contribution is 2.66. The van der Waals surface area contributed by atoms with Crippen molar-refractivity contribution in [2.24, 2.45) is 34.5 Å². The number of rotatable bonds is 6. The lowest BCUT2D eigenvalue weighted by molar-refractivity contribution is -0.152. The van der Waals surface area contributed by atoms with E-state index in [1.54, 1.807) is 0 Å². The Labute approximate surface area is 188 Å². The minimum absolute atomic E-state index is 0.100. The minimum atomic E-state index is -1.05. The van der Waals surface area contributed by atoms with Crippen molar-refractivity contribution < 1.29 is 34.1 Å². The number of carboxylic acids is 1. The van der Waals surface area contributed by atoms with Crippen LogP contribution in [0.4, 0.5) is 0 Å². The first kappa shape index (κ1) is 23.1. The van der Waals surface area contributed by atoms with E-state index in [0.29, 0.717) is 31.1 Å². The monoisotopic (exact) mass is 446 g/mol. The first-order chi connectivity index (χ1) is 15.1. The van der Waals surface area contributed by atoms with Gasteiger partial charge in [0.1, 0.15) is 18.8 Å². The number of carbonyl (C=O) groups is 4. The highest BCUT2D eigenvalue weighted by atomic mass is 16.5. The number of ether oxygens (including phenoxy) is 1. The zero-order valence-electron chi connectivity index (χ0n) is 19.0. The Morgan fingerprint density at radius 3 is 2.62 bits per heavy atom. The van der Waals surface area contributed by atoms with E-state index < -0.39 is 18.0 Å². The Hall–Kier alpha value is -2.02. The quantitative estimate of drug-likeness (QED) is 0.475. The number of hydrogen-bond acceptors (Lipinski definition) is 6. The second-order valence-corrected chi connectivity index (χ2v) is 10.8. The number of esters is 1. The molecule has 2 N–H and O–H groups in total. The number of aliphatic hydroxyl groups excluding tert-OH is 1. The Bertz CT molecular complexity index is 860. The smallest absolute Gasteiger partial charge is 0.313 e. The molecule has 0 aromatic heterocycles. The van der Waals surface area contributed by atoms with Gasteiger partial charge in [0.05, 0.1) is 12.5 Å². The van der Waals surface area contributed by atoms with Gasteiger partial charge in [-0.3, -0.25) is 19.2 Å². The molecule has 0 saturated heterocycles. The summed E-state index contributed by atoms with van der Waals surface area (Å²) in [4.78, 5) is 47.7. The Balaban J connectivity index is 1.49. The molecule has 7 atom stereocenters. The molecule has 0 spiro atoms. The topological polar surface area (TPSA) is 118 Å². The van der Waals surface area contributed by atoms with E-state index in [9.17, 15) is 24.3 Å². The van der Waals surface area contributed by atoms with E-state index in [-0.39, 0.29) is 53.7 Å². The molecule has 0 unspecified atom stereocenters. The summed E-state index contributed by atoms with van der Waals surface area (Å²) in [6, 6.07) is 0. The number of Topliss-reactive ketones (excluding diaryl/α,β-unsaturated/α-hetero) is 1. The van der Waals surface area contributed by atoms with Gasteiger partial charge in [-0.2, -0.15) is 0 Å². The highest BCUT2D eigenvalue weighted by molar-refractivity contribution is 5.97. The fourth-order valence-corrected chi connectivity index (χ4v) is 7.78. The van der Waals surface area contributed by atoms with Crippen molar-refractivity contribution in [3.63, 3.8) is 0 Å². The van der Waals surface area contributed by atoms with Gasteiger partial charge in [-0.15, -0.1) is 0 Å². The van der Waals surface area contributed by atoms with Crippen LogP contribution in [0.15, 0.2) is 11.6 Å². The maximum absolute atomic E-state index is 13.1. The number of aliphatic hydroxyl groups is 1. The molecule has 4 aliphatic carbocycles. The van der Waals surface area contributed by atoms with E-state index in [2.05, 4.69) is 13.8 Å². The van der Waals surface area contributed by atoms with Crippen molar-refractivity contribution in [1.29, 1.82) is 0 Å². The third kappa shape index (κ3) is 3.82. The lowest BCUT2D eigenvalue weighted by atomic mass is 9.46. The van der Waals surface area contributed by atoms with Crippen LogP contribution in [0.1, 0.15) is 71.6 Å². The lowest BCUT2D eigenvalue weighted by Gasteiger charge is -2.59. The highest BCUT2D eigenvalue weighted by Gasteiger charge is 2.62. The third-order valence-electron chi connectivity index (χ3n) is 9.18. The van der Waals surface area contributed by atoms with E-state index in [1.807, 2.05) is 6.08 Å². The van der Waals surface area contributed by atoms with Gasteiger partial charge in [0.2, 0.25) is 0 Å². The van der Waals surface area contributed by atoms with Crippen molar-refractivity contribution in [2.75, 3.05) is 6.61 Å². The molecule has 0 aromatic carbocycles. The van der Waals surface area contributed by atoms with E-state index in [4.69, 9.17) is 9.84 Å². The SMILES string of the molecule is C[C@@]12C[C@@H](O)[C@@H]3[C@H](CCC4=CC(=O)CC[C@@]43C)[C@H]1CC[C@H]2C(=O)CC(=O)OCCC(=O)O. The normalized spacial score (nSPS) is 40.5. The van der Waals surface area contributed by atoms with Crippen LogP contribution in [0, 0.1) is 34.5 Å². The maximum atomic E-state index is 13.1. The van der Waals surface area contributed by atoms with E-state index >= 15 is 0 Å². The summed E-state index contributed by atoms with van der Waals surface area (Å²) in [5.74, 6) is -1.29. The number of carbonyl (C=O) groups excluding carboxylic acids is 3. The fourth-order valence-electron chi connectivity index (χ4n) is 7.78. The number of fused-ring (bicyclic) bond motifs is 5. The molecule has 32 heavy (non-hydrogen) atoms. The predicted molar refractivity (Wildman–Crippen MR) is 114 cm³/mol. The molecule has 0 radical (unpaired) electrons. The summed E-state index contributed by atoms with van der Waals surface area (Å²) in [5.41, 5.74) is 0.668. The van der Waals surface area contributed by atoms with Crippen LogP contribution in [0.5, 0.6) is 0 Å². The Morgan fingerprint density at radius 1 is 1.16 bits per heavy atom. The number of ketones is 2. The van der Waals surface area contributed by atoms with Gasteiger partial charge < -0.3 is 14.9 Å². The second-order valence-electron chi connectivity index (χ2n) is 10.8. The predicted octanol–water partition coefficient (Wildman–Crippen LogP) is 3.08. The zero-order chi connectivity index (χ0) is 23.3. The molecular formula is C25H34O7. The summed E-state index contributed by atoms with van der Waals surface area (Å²) in [6.45, 7) is 4.07. The fraction of sp³-hybridized carbons (Fsp3) is 0.760. The van der Waals surface area contributed by atoms with Crippen molar-refractivity contribution >= 4 is 23.5 Å². The number of aliphatic carboxylic acids is 1. The van der Waals surface area contributed by atoms with Crippen LogP contribution in [-0.4, -0.2) is 46.4 Å². The molecule has 176 valence electrons. The molecule has 4 rings (SSSR count). The van der Waals surface area contributed by atoms with Crippen molar-refractivity contribution in [1.82, 2.24) is 0 Å². The minimum Gasteiger partial charge on any atom is -0.481 e. The molecule has 3 saturated carbocycles. The second kappa shape index (κ2) is 8.40. The van der Waals surface area contributed by atoms with Gasteiger partial charge in [-0.1, -0.05) is 19.4 Å². The average molecular weight is 447 g/mol. The van der Waals surface area contributed by atoms with Crippen LogP contribution in [0.2, 0.25) is 0 Å². The van der Waals surface area contributed by atoms with Crippen LogP contribution < -0.4 is 0 Å². The molecule has 0 bridgehead atoms. The Morgan fingerprint density at radius 2 is 1.91 bits per heavy atom. The van der Waals surface area contributed by atoms with Crippen LogP contribution in [-0.2, 0) is 23.9 Å². The molecular weight excluding hydrogens is 412 g/mol. The number of carboxylic acid groups (broad SMARTS) is 1. The van der Waals surface area contributed by atoms with Gasteiger partial charge in [0.15, 0.2) is 5.78 Å². The Kier molecular flexibility index (Phi) is 6.07. The summed E-state index contributed by atoms with van der Waals surface area (Å²) in [6.07, 6.45) is 5.90. The molecule has 0 amide bonds. The van der Waals surface area contributed by atoms with Gasteiger partial charge in [-0.05, 0) is 73.2 Å². The van der Waals surface area contributed by atoms with Gasteiger partial charge in [0, 0.05) is 12.3 Å². The van der Waals surface area contributed by atoms with E-state index in [0.717, 1.165) is 25.7 Å². The van der Waals surface area contributed by atoms with Gasteiger partial charge >= 0.3 is 11.9 Å². The largest absolute Gasteiger partial charge is 0.481 e. The lowest BCUT2D eigenvalue weighted by Crippen LogP contribution is -2.57. The van der Waals surface area contributed by atoms with Gasteiger partial charge in [0.25, 0.3) is 0 Å². The molecule has 0 heterocycles. The van der Waals surface area contributed by atoms with Crippen LogP contribution in [0.3, 0.4) is 0 Å². The maximum Gasteiger partial charge on any atom is 0.313 e. The van der Waals surface area contributed by atoms with Gasteiger partial charge in [-0.25, -0.2) is 0 Å². The molecule has 0 aromatic rings. The average Bonchev–Trinajstić information content (AvgIpc) is 3.04. The molecule has 3 fully saturated rings. The number of allylic oxidation sites excluding steroid dienone is 1. The molecule has 0 aliphatic heterocycles. The summed E-state index contributed by atoms with van der Waals surface area (Å²) in [7, 11) is 0. The van der Waals surface area contributed by atoms with Crippen LogP contribution >= 0.6 is 0 Å². The summed E-state index contributed by atoms with van der Waals surface area (Å²) in [5, 5.41) is 20.0.